The van der Waals surface area contributed by atoms with Gasteiger partial charge in [-0.1, -0.05) is 28.9 Å². The van der Waals surface area contributed by atoms with Gasteiger partial charge in [-0.05, 0) is 42.8 Å². The lowest BCUT2D eigenvalue weighted by Crippen LogP contribution is -2.21. The molecule has 0 bridgehead atoms. The maximum atomic E-state index is 12.0. The van der Waals surface area contributed by atoms with Crippen LogP contribution >= 0.6 is 15.9 Å². The van der Waals surface area contributed by atoms with Crippen molar-refractivity contribution >= 4 is 33.2 Å². The van der Waals surface area contributed by atoms with Crippen molar-refractivity contribution < 1.29 is 9.53 Å². The molecule has 0 spiro atoms. The van der Waals surface area contributed by atoms with Crippen LogP contribution in [-0.2, 0) is 4.79 Å². The Morgan fingerprint density at radius 2 is 1.91 bits per heavy atom. The minimum absolute atomic E-state index is 0.101. The van der Waals surface area contributed by atoms with E-state index < -0.39 is 0 Å². The summed E-state index contributed by atoms with van der Waals surface area (Å²) in [7, 11) is 0. The SMILES string of the molecule is CCCOc1cccc(NC(=O)CNc2ccc(Br)cc2)c1. The van der Waals surface area contributed by atoms with E-state index in [-0.39, 0.29) is 12.5 Å². The van der Waals surface area contributed by atoms with Gasteiger partial charge in [0, 0.05) is 21.9 Å². The number of nitrogens with one attached hydrogen (secondary N) is 2. The lowest BCUT2D eigenvalue weighted by atomic mass is 10.3. The number of carbonyl (C=O) groups excluding carboxylic acids is 1. The van der Waals surface area contributed by atoms with E-state index in [9.17, 15) is 4.79 Å². The van der Waals surface area contributed by atoms with E-state index in [1.165, 1.54) is 0 Å². The fraction of sp³-hybridized carbons (Fsp3) is 0.235. The predicted molar refractivity (Wildman–Crippen MR) is 93.5 cm³/mol. The molecule has 4 nitrogen and oxygen atoms in total. The van der Waals surface area contributed by atoms with Crippen LogP contribution in [0.3, 0.4) is 0 Å². The third-order valence-corrected chi connectivity index (χ3v) is 3.42. The maximum absolute atomic E-state index is 12.0. The highest BCUT2D eigenvalue weighted by molar-refractivity contribution is 9.10. The number of halogens is 1. The molecule has 0 saturated carbocycles. The first-order valence-corrected chi connectivity index (χ1v) is 7.99. The summed E-state index contributed by atoms with van der Waals surface area (Å²) in [4.78, 5) is 12.0. The summed E-state index contributed by atoms with van der Waals surface area (Å²) in [5, 5.41) is 5.93. The summed E-state index contributed by atoms with van der Waals surface area (Å²) < 4.78 is 6.55. The van der Waals surface area contributed by atoms with Gasteiger partial charge in [0.1, 0.15) is 5.75 Å². The van der Waals surface area contributed by atoms with Crippen LogP contribution in [0.5, 0.6) is 5.75 Å². The van der Waals surface area contributed by atoms with E-state index in [4.69, 9.17) is 4.74 Å². The zero-order valence-electron chi connectivity index (χ0n) is 12.4. The lowest BCUT2D eigenvalue weighted by Gasteiger charge is -2.10. The van der Waals surface area contributed by atoms with Crippen molar-refractivity contribution in [3.05, 3.63) is 53.0 Å². The molecule has 0 radical (unpaired) electrons. The van der Waals surface area contributed by atoms with Crippen LogP contribution in [0, 0.1) is 0 Å². The number of ether oxygens (including phenoxy) is 1. The molecule has 0 atom stereocenters. The van der Waals surface area contributed by atoms with Crippen LogP contribution in [-0.4, -0.2) is 19.1 Å². The summed E-state index contributed by atoms with van der Waals surface area (Å²) in [6.45, 7) is 2.93. The van der Waals surface area contributed by atoms with Crippen LogP contribution in [0.25, 0.3) is 0 Å². The minimum Gasteiger partial charge on any atom is -0.494 e. The molecule has 0 aliphatic rings. The second-order valence-corrected chi connectivity index (χ2v) is 5.70. The third-order valence-electron chi connectivity index (χ3n) is 2.89. The molecule has 0 saturated heterocycles. The molecule has 22 heavy (non-hydrogen) atoms. The van der Waals surface area contributed by atoms with Gasteiger partial charge >= 0.3 is 0 Å². The van der Waals surface area contributed by atoms with Crippen molar-refractivity contribution in [2.24, 2.45) is 0 Å². The molecule has 2 aromatic rings. The molecule has 5 heteroatoms. The highest BCUT2D eigenvalue weighted by Crippen LogP contribution is 2.18. The number of amides is 1. The van der Waals surface area contributed by atoms with Gasteiger partial charge in [0.05, 0.1) is 13.2 Å². The predicted octanol–water partition coefficient (Wildman–Crippen LogP) is 4.29. The molecule has 0 aliphatic heterocycles. The monoisotopic (exact) mass is 362 g/mol. The van der Waals surface area contributed by atoms with Gasteiger partial charge in [-0.15, -0.1) is 0 Å². The first kappa shape index (κ1) is 16.4. The standard InChI is InChI=1S/C17H19BrN2O2/c1-2-10-22-16-5-3-4-15(11-16)20-17(21)12-19-14-8-6-13(18)7-9-14/h3-9,11,19H,2,10,12H2,1H3,(H,20,21). The largest absolute Gasteiger partial charge is 0.494 e. The average Bonchev–Trinajstić information content (AvgIpc) is 2.53. The number of rotatable bonds is 7. The summed E-state index contributed by atoms with van der Waals surface area (Å²) in [5.74, 6) is 0.663. The Labute approximate surface area is 139 Å². The second-order valence-electron chi connectivity index (χ2n) is 4.78. The Bertz CT molecular complexity index is 614. The van der Waals surface area contributed by atoms with E-state index in [1.54, 1.807) is 0 Å². The van der Waals surface area contributed by atoms with E-state index in [0.717, 1.165) is 28.0 Å². The van der Waals surface area contributed by atoms with Gasteiger partial charge < -0.3 is 15.4 Å². The summed E-state index contributed by atoms with van der Waals surface area (Å²) in [5.41, 5.74) is 1.63. The molecule has 0 heterocycles. The quantitative estimate of drug-likeness (QED) is 0.772. The molecule has 0 fully saturated rings. The highest BCUT2D eigenvalue weighted by atomic mass is 79.9. The highest BCUT2D eigenvalue weighted by Gasteiger charge is 2.03. The Hall–Kier alpha value is -2.01. The fourth-order valence-corrected chi connectivity index (χ4v) is 2.10. The van der Waals surface area contributed by atoms with E-state index in [0.29, 0.717) is 6.61 Å². The maximum Gasteiger partial charge on any atom is 0.243 e. The molecule has 116 valence electrons. The van der Waals surface area contributed by atoms with Crippen LogP contribution in [0.1, 0.15) is 13.3 Å². The van der Waals surface area contributed by atoms with Crippen molar-refractivity contribution in [1.29, 1.82) is 0 Å². The van der Waals surface area contributed by atoms with Gasteiger partial charge in [0.25, 0.3) is 0 Å². The van der Waals surface area contributed by atoms with Gasteiger partial charge in [-0.2, -0.15) is 0 Å². The molecule has 0 aliphatic carbocycles. The Morgan fingerprint density at radius 1 is 1.14 bits per heavy atom. The molecule has 2 N–H and O–H groups in total. The van der Waals surface area contributed by atoms with E-state index in [1.807, 2.05) is 48.5 Å². The Kier molecular flexibility index (Phi) is 6.27. The van der Waals surface area contributed by atoms with Crippen molar-refractivity contribution in [1.82, 2.24) is 0 Å². The Morgan fingerprint density at radius 3 is 2.64 bits per heavy atom. The topological polar surface area (TPSA) is 50.4 Å². The van der Waals surface area contributed by atoms with Crippen LogP contribution in [0.4, 0.5) is 11.4 Å². The summed E-state index contributed by atoms with van der Waals surface area (Å²) in [6, 6.07) is 15.1. The van der Waals surface area contributed by atoms with Gasteiger partial charge in [-0.25, -0.2) is 0 Å². The Balaban J connectivity index is 1.85. The van der Waals surface area contributed by atoms with Crippen LogP contribution < -0.4 is 15.4 Å². The molecule has 1 amide bonds. The van der Waals surface area contributed by atoms with Gasteiger partial charge in [0.2, 0.25) is 5.91 Å². The summed E-state index contributed by atoms with van der Waals surface area (Å²) in [6.07, 6.45) is 0.952. The zero-order chi connectivity index (χ0) is 15.8. The average molecular weight is 363 g/mol. The number of hydrogen-bond acceptors (Lipinski definition) is 3. The van der Waals surface area contributed by atoms with Gasteiger partial charge in [0.15, 0.2) is 0 Å². The first-order chi connectivity index (χ1) is 10.7. The number of carbonyl (C=O) groups is 1. The van der Waals surface area contributed by atoms with Crippen molar-refractivity contribution in [2.75, 3.05) is 23.8 Å². The van der Waals surface area contributed by atoms with E-state index >= 15 is 0 Å². The van der Waals surface area contributed by atoms with Crippen LogP contribution in [0.15, 0.2) is 53.0 Å². The number of hydrogen-bond donors (Lipinski definition) is 2. The second kappa shape index (κ2) is 8.44. The van der Waals surface area contributed by atoms with Crippen molar-refractivity contribution in [2.45, 2.75) is 13.3 Å². The van der Waals surface area contributed by atoms with Crippen molar-refractivity contribution in [3.63, 3.8) is 0 Å². The molecule has 0 unspecified atom stereocenters. The van der Waals surface area contributed by atoms with E-state index in [2.05, 4.69) is 33.5 Å². The van der Waals surface area contributed by atoms with Crippen molar-refractivity contribution in [3.8, 4) is 5.75 Å². The summed E-state index contributed by atoms with van der Waals surface area (Å²) >= 11 is 3.38. The smallest absolute Gasteiger partial charge is 0.243 e. The fourth-order valence-electron chi connectivity index (χ4n) is 1.84. The first-order valence-electron chi connectivity index (χ1n) is 7.19. The molecule has 2 aromatic carbocycles. The third kappa shape index (κ3) is 5.41. The normalized spacial score (nSPS) is 10.1. The number of benzene rings is 2. The minimum atomic E-state index is -0.101. The molecular weight excluding hydrogens is 344 g/mol. The molecule has 0 aromatic heterocycles. The zero-order valence-corrected chi connectivity index (χ0v) is 14.0. The molecule has 2 rings (SSSR count). The lowest BCUT2D eigenvalue weighted by molar-refractivity contribution is -0.114. The molecular formula is C17H19BrN2O2. The van der Waals surface area contributed by atoms with Gasteiger partial charge in [-0.3, -0.25) is 4.79 Å². The van der Waals surface area contributed by atoms with Crippen LogP contribution in [0.2, 0.25) is 0 Å². The number of anilines is 2.